The normalized spacial score (nSPS) is 9.84. The lowest BCUT2D eigenvalue weighted by Crippen LogP contribution is -2.30. The third-order valence-corrected chi connectivity index (χ3v) is 2.47. The Hall–Kier alpha value is -1.95. The number of carbonyl (C=O) groups is 1. The second kappa shape index (κ2) is 8.20. The summed E-state index contributed by atoms with van der Waals surface area (Å²) in [5.74, 6) is 1.23. The molecule has 2 amide bonds. The molecular formula is C13H20N2O4. The van der Waals surface area contributed by atoms with Crippen molar-refractivity contribution in [1.29, 1.82) is 0 Å². The number of nitrogens with one attached hydrogen (secondary N) is 2. The van der Waals surface area contributed by atoms with Crippen molar-refractivity contribution >= 4 is 11.7 Å². The lowest BCUT2D eigenvalue weighted by Gasteiger charge is -2.12. The summed E-state index contributed by atoms with van der Waals surface area (Å²) in [5.41, 5.74) is 0.561. The molecule has 6 heteroatoms. The zero-order valence-corrected chi connectivity index (χ0v) is 11.5. The van der Waals surface area contributed by atoms with Crippen molar-refractivity contribution < 1.29 is 19.0 Å². The highest BCUT2D eigenvalue weighted by molar-refractivity contribution is 5.91. The van der Waals surface area contributed by atoms with E-state index in [0.29, 0.717) is 30.3 Å². The third kappa shape index (κ3) is 5.05. The highest BCUT2D eigenvalue weighted by atomic mass is 16.5. The van der Waals surface area contributed by atoms with Gasteiger partial charge in [0.2, 0.25) is 0 Å². The number of amides is 2. The van der Waals surface area contributed by atoms with Crippen molar-refractivity contribution in [3.63, 3.8) is 0 Å². The minimum absolute atomic E-state index is 0.289. The minimum atomic E-state index is -0.289. The molecule has 0 aliphatic heterocycles. The minimum Gasteiger partial charge on any atom is -0.497 e. The van der Waals surface area contributed by atoms with Gasteiger partial charge in [0.15, 0.2) is 0 Å². The first kappa shape index (κ1) is 15.1. The summed E-state index contributed by atoms with van der Waals surface area (Å²) in [6.45, 7) is 1.16. The van der Waals surface area contributed by atoms with E-state index >= 15 is 0 Å². The number of urea groups is 1. The molecule has 19 heavy (non-hydrogen) atoms. The maximum atomic E-state index is 11.7. The Balaban J connectivity index is 2.56. The molecule has 0 bridgehead atoms. The largest absolute Gasteiger partial charge is 0.497 e. The summed E-state index contributed by atoms with van der Waals surface area (Å²) in [4.78, 5) is 11.7. The van der Waals surface area contributed by atoms with E-state index in [1.807, 2.05) is 0 Å². The number of ether oxygens (including phenoxy) is 3. The molecule has 106 valence electrons. The molecule has 0 saturated heterocycles. The Morgan fingerprint density at radius 2 is 2.00 bits per heavy atom. The molecule has 0 unspecified atom stereocenters. The highest BCUT2D eigenvalue weighted by Crippen LogP contribution is 2.28. The molecule has 1 aromatic carbocycles. The molecule has 0 heterocycles. The van der Waals surface area contributed by atoms with Gasteiger partial charge in [-0.2, -0.15) is 0 Å². The highest BCUT2D eigenvalue weighted by Gasteiger charge is 2.08. The molecular weight excluding hydrogens is 248 g/mol. The molecule has 0 fully saturated rings. The summed E-state index contributed by atoms with van der Waals surface area (Å²) in [5, 5.41) is 5.45. The van der Waals surface area contributed by atoms with Crippen LogP contribution in [0, 0.1) is 0 Å². The Bertz CT molecular complexity index is 410. The molecule has 6 nitrogen and oxygen atoms in total. The predicted molar refractivity (Wildman–Crippen MR) is 73.1 cm³/mol. The number of carbonyl (C=O) groups excluding carboxylic acids is 1. The number of anilines is 1. The monoisotopic (exact) mass is 268 g/mol. The van der Waals surface area contributed by atoms with Crippen LogP contribution in [-0.4, -0.2) is 40.5 Å². The standard InChI is InChI=1S/C13H20N2O4/c1-17-8-4-7-14-13(16)15-11-9-10(18-2)5-6-12(11)19-3/h5-6,9H,4,7-8H2,1-3H3,(H2,14,15,16). The lowest BCUT2D eigenvalue weighted by molar-refractivity contribution is 0.194. The van der Waals surface area contributed by atoms with Crippen molar-refractivity contribution in [2.24, 2.45) is 0 Å². The van der Waals surface area contributed by atoms with E-state index in [0.717, 1.165) is 6.42 Å². The van der Waals surface area contributed by atoms with Crippen LogP contribution in [0.25, 0.3) is 0 Å². The van der Waals surface area contributed by atoms with Crippen molar-refractivity contribution in [3.8, 4) is 11.5 Å². The number of hydrogen-bond donors (Lipinski definition) is 2. The molecule has 0 aromatic heterocycles. The van der Waals surface area contributed by atoms with E-state index in [2.05, 4.69) is 10.6 Å². The number of rotatable bonds is 7. The molecule has 0 spiro atoms. The summed E-state index contributed by atoms with van der Waals surface area (Å²) in [6, 6.07) is 4.91. The zero-order valence-electron chi connectivity index (χ0n) is 11.5. The second-order valence-electron chi connectivity index (χ2n) is 3.79. The zero-order chi connectivity index (χ0) is 14.1. The third-order valence-electron chi connectivity index (χ3n) is 2.47. The van der Waals surface area contributed by atoms with Crippen LogP contribution in [0.5, 0.6) is 11.5 Å². The van der Waals surface area contributed by atoms with Gasteiger partial charge < -0.3 is 24.8 Å². The van der Waals surface area contributed by atoms with Gasteiger partial charge in [-0.05, 0) is 18.6 Å². The SMILES string of the molecule is COCCCNC(=O)Nc1cc(OC)ccc1OC. The van der Waals surface area contributed by atoms with Crippen LogP contribution in [0.2, 0.25) is 0 Å². The van der Waals surface area contributed by atoms with Gasteiger partial charge in [0, 0.05) is 26.3 Å². The molecule has 0 saturated carbocycles. The van der Waals surface area contributed by atoms with Crippen molar-refractivity contribution in [2.45, 2.75) is 6.42 Å². The van der Waals surface area contributed by atoms with Gasteiger partial charge in [-0.15, -0.1) is 0 Å². The molecule has 0 aliphatic carbocycles. The summed E-state index contributed by atoms with van der Waals surface area (Å²) in [7, 11) is 4.74. The summed E-state index contributed by atoms with van der Waals surface area (Å²) >= 11 is 0. The Labute approximate surface area is 113 Å². The maximum Gasteiger partial charge on any atom is 0.319 e. The van der Waals surface area contributed by atoms with E-state index in [9.17, 15) is 4.79 Å². The number of methoxy groups -OCH3 is 3. The van der Waals surface area contributed by atoms with Gasteiger partial charge in [-0.25, -0.2) is 4.79 Å². The van der Waals surface area contributed by atoms with Crippen LogP contribution in [0.1, 0.15) is 6.42 Å². The Morgan fingerprint density at radius 3 is 2.63 bits per heavy atom. The quantitative estimate of drug-likeness (QED) is 0.741. The van der Waals surface area contributed by atoms with Crippen LogP contribution < -0.4 is 20.1 Å². The topological polar surface area (TPSA) is 68.8 Å². The fraction of sp³-hybridized carbons (Fsp3) is 0.462. The molecule has 1 rings (SSSR count). The van der Waals surface area contributed by atoms with Crippen LogP contribution in [0.4, 0.5) is 10.5 Å². The summed E-state index contributed by atoms with van der Waals surface area (Å²) in [6.07, 6.45) is 0.763. The average Bonchev–Trinajstić information content (AvgIpc) is 2.43. The smallest absolute Gasteiger partial charge is 0.319 e. The van der Waals surface area contributed by atoms with E-state index in [1.165, 1.54) is 0 Å². The van der Waals surface area contributed by atoms with E-state index in [-0.39, 0.29) is 6.03 Å². The molecule has 2 N–H and O–H groups in total. The van der Waals surface area contributed by atoms with Gasteiger partial charge in [-0.1, -0.05) is 0 Å². The number of hydrogen-bond acceptors (Lipinski definition) is 4. The van der Waals surface area contributed by atoms with Crippen LogP contribution in [-0.2, 0) is 4.74 Å². The van der Waals surface area contributed by atoms with Crippen LogP contribution in [0.15, 0.2) is 18.2 Å². The second-order valence-corrected chi connectivity index (χ2v) is 3.79. The molecule has 1 aromatic rings. The van der Waals surface area contributed by atoms with E-state index in [4.69, 9.17) is 14.2 Å². The fourth-order valence-electron chi connectivity index (χ4n) is 1.50. The van der Waals surface area contributed by atoms with Gasteiger partial charge in [-0.3, -0.25) is 0 Å². The molecule has 0 aliphatic rings. The van der Waals surface area contributed by atoms with E-state index in [1.54, 1.807) is 39.5 Å². The lowest BCUT2D eigenvalue weighted by atomic mass is 10.2. The van der Waals surface area contributed by atoms with Gasteiger partial charge in [0.1, 0.15) is 11.5 Å². The van der Waals surface area contributed by atoms with Gasteiger partial charge in [0.25, 0.3) is 0 Å². The van der Waals surface area contributed by atoms with Crippen LogP contribution >= 0.6 is 0 Å². The first-order chi connectivity index (χ1) is 9.21. The average molecular weight is 268 g/mol. The summed E-state index contributed by atoms with van der Waals surface area (Å²) < 4.78 is 15.2. The number of benzene rings is 1. The predicted octanol–water partition coefficient (Wildman–Crippen LogP) is 1.86. The molecule has 0 atom stereocenters. The maximum absolute atomic E-state index is 11.7. The van der Waals surface area contributed by atoms with Crippen molar-refractivity contribution in [2.75, 3.05) is 39.8 Å². The Kier molecular flexibility index (Phi) is 6.52. The van der Waals surface area contributed by atoms with E-state index < -0.39 is 0 Å². The van der Waals surface area contributed by atoms with Gasteiger partial charge in [0.05, 0.1) is 19.9 Å². The first-order valence-electron chi connectivity index (χ1n) is 5.97. The van der Waals surface area contributed by atoms with Crippen LogP contribution in [0.3, 0.4) is 0 Å². The Morgan fingerprint density at radius 1 is 1.21 bits per heavy atom. The van der Waals surface area contributed by atoms with Crippen molar-refractivity contribution in [1.82, 2.24) is 5.32 Å². The molecule has 0 radical (unpaired) electrons. The van der Waals surface area contributed by atoms with Gasteiger partial charge >= 0.3 is 6.03 Å². The fourth-order valence-corrected chi connectivity index (χ4v) is 1.50. The van der Waals surface area contributed by atoms with Crippen molar-refractivity contribution in [3.05, 3.63) is 18.2 Å². The first-order valence-corrected chi connectivity index (χ1v) is 5.97.